The molecule has 1 unspecified atom stereocenters. The molecule has 5 heteroatoms. The van der Waals surface area contributed by atoms with E-state index in [1.54, 1.807) is 0 Å². The first-order valence-electron chi connectivity index (χ1n) is 9.22. The minimum absolute atomic E-state index is 0.00547. The molecule has 0 spiro atoms. The van der Waals surface area contributed by atoms with E-state index in [1.807, 2.05) is 0 Å². The second-order valence-electron chi connectivity index (χ2n) is 6.50. The van der Waals surface area contributed by atoms with Crippen LogP contribution in [-0.4, -0.2) is 28.9 Å². The molecule has 0 bridgehead atoms. The summed E-state index contributed by atoms with van der Waals surface area (Å²) >= 11 is 0. The van der Waals surface area contributed by atoms with Crippen molar-refractivity contribution in [1.29, 1.82) is 0 Å². The Hall–Kier alpha value is -1.91. The van der Waals surface area contributed by atoms with Crippen molar-refractivity contribution in [2.45, 2.75) is 84.2 Å². The molecule has 0 saturated heterocycles. The van der Waals surface area contributed by atoms with Gasteiger partial charge in [0.1, 0.15) is 6.10 Å². The van der Waals surface area contributed by atoms with E-state index in [4.69, 9.17) is 9.84 Å². The van der Waals surface area contributed by atoms with E-state index >= 15 is 0 Å². The Morgan fingerprint density at radius 1 is 1.20 bits per heavy atom. The fraction of sp³-hybridized carbons (Fsp3) is 0.650. The standard InChI is InChI=1S/C20H30O5/c1-3-4-5-10-18-16(11-13-19(18)22)8-6-7-9-17(25-15(2)21)12-14-20(23)24/h4-5,17H,3,6-14H2,1-2H3,(H,23,24)/b5-4+. The van der Waals surface area contributed by atoms with Crippen LogP contribution in [0.3, 0.4) is 0 Å². The van der Waals surface area contributed by atoms with Gasteiger partial charge >= 0.3 is 11.9 Å². The molecule has 0 radical (unpaired) electrons. The van der Waals surface area contributed by atoms with Crippen LogP contribution in [0.2, 0.25) is 0 Å². The van der Waals surface area contributed by atoms with Crippen molar-refractivity contribution in [1.82, 2.24) is 0 Å². The molecule has 1 aliphatic rings. The lowest BCUT2D eigenvalue weighted by Crippen LogP contribution is -2.17. The van der Waals surface area contributed by atoms with Gasteiger partial charge in [-0.1, -0.05) is 24.6 Å². The average Bonchev–Trinajstić information content (AvgIpc) is 2.89. The summed E-state index contributed by atoms with van der Waals surface area (Å²) < 4.78 is 5.20. The monoisotopic (exact) mass is 350 g/mol. The Bertz CT molecular complexity index is 530. The molecule has 0 saturated carbocycles. The molecule has 0 aromatic carbocycles. The SMILES string of the molecule is CC/C=C/CC1=C(CCCCC(CCC(=O)O)OC(C)=O)CCC1=O. The molecule has 0 aliphatic heterocycles. The van der Waals surface area contributed by atoms with Crippen LogP contribution in [0.1, 0.15) is 78.1 Å². The maximum atomic E-state index is 12.0. The Morgan fingerprint density at radius 2 is 1.96 bits per heavy atom. The zero-order chi connectivity index (χ0) is 18.7. The smallest absolute Gasteiger partial charge is 0.303 e. The van der Waals surface area contributed by atoms with Crippen LogP contribution in [-0.2, 0) is 19.1 Å². The van der Waals surface area contributed by atoms with E-state index in [0.717, 1.165) is 44.1 Å². The summed E-state index contributed by atoms with van der Waals surface area (Å²) in [5.74, 6) is -0.976. The average molecular weight is 350 g/mol. The predicted octanol–water partition coefficient (Wildman–Crippen LogP) is 4.36. The maximum absolute atomic E-state index is 12.0. The van der Waals surface area contributed by atoms with Crippen molar-refractivity contribution >= 4 is 17.7 Å². The zero-order valence-corrected chi connectivity index (χ0v) is 15.4. The highest BCUT2D eigenvalue weighted by Gasteiger charge is 2.21. The number of Topliss-reactive ketones (excluding diaryl/α,β-unsaturated/α-hetero) is 1. The summed E-state index contributed by atoms with van der Waals surface area (Å²) in [6.07, 6.45) is 10.7. The lowest BCUT2D eigenvalue weighted by atomic mass is 9.99. The number of hydrogen-bond acceptors (Lipinski definition) is 4. The van der Waals surface area contributed by atoms with E-state index in [0.29, 0.717) is 19.3 Å². The molecule has 1 aliphatic carbocycles. The lowest BCUT2D eigenvalue weighted by Gasteiger charge is -2.16. The number of allylic oxidation sites excluding steroid dienone is 4. The fourth-order valence-corrected chi connectivity index (χ4v) is 3.16. The van der Waals surface area contributed by atoms with Crippen LogP contribution in [0, 0.1) is 0 Å². The largest absolute Gasteiger partial charge is 0.481 e. The normalized spacial score (nSPS) is 15.8. The van der Waals surface area contributed by atoms with Gasteiger partial charge in [0.2, 0.25) is 0 Å². The van der Waals surface area contributed by atoms with Crippen LogP contribution in [0.15, 0.2) is 23.3 Å². The number of carboxylic acid groups (broad SMARTS) is 1. The number of esters is 1. The summed E-state index contributed by atoms with van der Waals surface area (Å²) in [6, 6.07) is 0. The number of aliphatic carboxylic acids is 1. The molecule has 0 amide bonds. The maximum Gasteiger partial charge on any atom is 0.303 e. The molecule has 1 atom stereocenters. The molecule has 5 nitrogen and oxygen atoms in total. The third-order valence-corrected chi connectivity index (χ3v) is 4.41. The van der Waals surface area contributed by atoms with Crippen LogP contribution in [0.25, 0.3) is 0 Å². The van der Waals surface area contributed by atoms with Crippen molar-refractivity contribution in [3.05, 3.63) is 23.3 Å². The molecule has 0 fully saturated rings. The van der Waals surface area contributed by atoms with Gasteiger partial charge in [0, 0.05) is 19.8 Å². The second kappa shape index (κ2) is 11.6. The number of carboxylic acids is 1. The minimum atomic E-state index is -0.878. The van der Waals surface area contributed by atoms with Gasteiger partial charge in [-0.05, 0) is 56.9 Å². The van der Waals surface area contributed by atoms with Gasteiger partial charge in [0.25, 0.3) is 0 Å². The molecule has 0 aromatic rings. The van der Waals surface area contributed by atoms with E-state index in [9.17, 15) is 14.4 Å². The first-order valence-corrected chi connectivity index (χ1v) is 9.22. The van der Waals surface area contributed by atoms with Gasteiger partial charge in [-0.15, -0.1) is 0 Å². The first kappa shape index (κ1) is 21.1. The highest BCUT2D eigenvalue weighted by atomic mass is 16.5. The molecule has 0 heterocycles. The van der Waals surface area contributed by atoms with Gasteiger partial charge in [-0.3, -0.25) is 14.4 Å². The topological polar surface area (TPSA) is 80.7 Å². The molecule has 1 N–H and O–H groups in total. The Labute approximate surface area is 150 Å². The third kappa shape index (κ3) is 8.66. The van der Waals surface area contributed by atoms with E-state index in [2.05, 4.69) is 19.1 Å². The molecule has 1 rings (SSSR count). The van der Waals surface area contributed by atoms with Gasteiger partial charge < -0.3 is 9.84 Å². The molecule has 25 heavy (non-hydrogen) atoms. The number of carbonyl (C=O) groups is 3. The Balaban J connectivity index is 2.44. The van der Waals surface area contributed by atoms with Crippen LogP contribution in [0.4, 0.5) is 0 Å². The van der Waals surface area contributed by atoms with Crippen molar-refractivity contribution in [2.75, 3.05) is 0 Å². The Kier molecular flexibility index (Phi) is 9.81. The summed E-state index contributed by atoms with van der Waals surface area (Å²) in [7, 11) is 0. The Morgan fingerprint density at radius 3 is 2.60 bits per heavy atom. The number of ether oxygens (including phenoxy) is 1. The van der Waals surface area contributed by atoms with Crippen molar-refractivity contribution < 1.29 is 24.2 Å². The predicted molar refractivity (Wildman–Crippen MR) is 96.2 cm³/mol. The third-order valence-electron chi connectivity index (χ3n) is 4.41. The van der Waals surface area contributed by atoms with Gasteiger partial charge in [0.15, 0.2) is 5.78 Å². The summed E-state index contributed by atoms with van der Waals surface area (Å²) in [4.78, 5) is 33.8. The number of unbranched alkanes of at least 4 members (excludes halogenated alkanes) is 1. The summed E-state index contributed by atoms with van der Waals surface area (Å²) in [5.41, 5.74) is 2.24. The first-order chi connectivity index (χ1) is 11.9. The number of hydrogen-bond donors (Lipinski definition) is 1. The van der Waals surface area contributed by atoms with E-state index in [1.165, 1.54) is 12.5 Å². The fourth-order valence-electron chi connectivity index (χ4n) is 3.16. The summed E-state index contributed by atoms with van der Waals surface area (Å²) in [6.45, 7) is 3.42. The molecule has 0 aromatic heterocycles. The van der Waals surface area contributed by atoms with Crippen LogP contribution < -0.4 is 0 Å². The van der Waals surface area contributed by atoms with E-state index in [-0.39, 0.29) is 24.3 Å². The minimum Gasteiger partial charge on any atom is -0.481 e. The van der Waals surface area contributed by atoms with Gasteiger partial charge in [-0.2, -0.15) is 0 Å². The zero-order valence-electron chi connectivity index (χ0n) is 15.4. The number of rotatable bonds is 12. The van der Waals surface area contributed by atoms with E-state index < -0.39 is 5.97 Å². The lowest BCUT2D eigenvalue weighted by molar-refractivity contribution is -0.149. The number of ketones is 1. The van der Waals surface area contributed by atoms with Crippen LogP contribution in [0.5, 0.6) is 0 Å². The van der Waals surface area contributed by atoms with Crippen molar-refractivity contribution in [3.63, 3.8) is 0 Å². The second-order valence-corrected chi connectivity index (χ2v) is 6.50. The molecular weight excluding hydrogens is 320 g/mol. The van der Waals surface area contributed by atoms with Gasteiger partial charge in [0.05, 0.1) is 0 Å². The quantitative estimate of drug-likeness (QED) is 0.321. The van der Waals surface area contributed by atoms with Gasteiger partial charge in [-0.25, -0.2) is 0 Å². The van der Waals surface area contributed by atoms with Crippen molar-refractivity contribution in [3.8, 4) is 0 Å². The van der Waals surface area contributed by atoms with Crippen molar-refractivity contribution in [2.24, 2.45) is 0 Å². The number of carbonyl (C=O) groups excluding carboxylic acids is 2. The molecular formula is C20H30O5. The molecule has 140 valence electrons. The van der Waals surface area contributed by atoms with Crippen LogP contribution >= 0.6 is 0 Å². The highest BCUT2D eigenvalue weighted by molar-refractivity contribution is 5.98. The highest BCUT2D eigenvalue weighted by Crippen LogP contribution is 2.30. The summed E-state index contributed by atoms with van der Waals surface area (Å²) in [5, 5.41) is 8.77.